The summed E-state index contributed by atoms with van der Waals surface area (Å²) >= 11 is 0. The zero-order valence-corrected chi connectivity index (χ0v) is 24.6. The summed E-state index contributed by atoms with van der Waals surface area (Å²) in [6, 6.07) is 27.0. The molecule has 0 saturated heterocycles. The van der Waals surface area contributed by atoms with E-state index < -0.39 is 48.6 Å². The van der Waals surface area contributed by atoms with Gasteiger partial charge in [-0.1, -0.05) is 48.5 Å². The van der Waals surface area contributed by atoms with Gasteiger partial charge < -0.3 is 9.47 Å². The highest BCUT2D eigenvalue weighted by molar-refractivity contribution is 8.33. The van der Waals surface area contributed by atoms with Gasteiger partial charge in [-0.2, -0.15) is 21.6 Å². The van der Waals surface area contributed by atoms with Gasteiger partial charge in [0.1, 0.15) is 16.2 Å². The largest absolute Gasteiger partial charge is 0.482 e. The van der Waals surface area contributed by atoms with E-state index in [1.807, 2.05) is 0 Å². The summed E-state index contributed by atoms with van der Waals surface area (Å²) in [5, 5.41) is 0. The second-order valence-electron chi connectivity index (χ2n) is 10.0. The predicted molar refractivity (Wildman–Crippen MR) is 153 cm³/mol. The van der Waals surface area contributed by atoms with Crippen LogP contribution >= 0.6 is 10.3 Å². The van der Waals surface area contributed by atoms with Crippen LogP contribution in [0.4, 0.5) is 13.2 Å². The number of rotatable bonds is 9. The highest BCUT2D eigenvalue weighted by Crippen LogP contribution is 2.70. The van der Waals surface area contributed by atoms with Crippen LogP contribution in [0, 0.1) is 0 Å². The molecule has 0 aliphatic heterocycles. The van der Waals surface area contributed by atoms with Crippen LogP contribution in [0.3, 0.4) is 0 Å². The number of hydrogen-bond donors (Lipinski definition) is 0. The molecule has 222 valence electrons. The van der Waals surface area contributed by atoms with Crippen LogP contribution in [0.15, 0.2) is 129 Å². The fourth-order valence-corrected chi connectivity index (χ4v) is 9.51. The molecule has 0 fully saturated rings. The van der Waals surface area contributed by atoms with Crippen LogP contribution < -0.4 is 4.74 Å². The van der Waals surface area contributed by atoms with Crippen molar-refractivity contribution in [3.63, 3.8) is 0 Å². The lowest BCUT2D eigenvalue weighted by Crippen LogP contribution is -2.27. The molecular weight excluding hydrogens is 589 g/mol. The Morgan fingerprint density at radius 3 is 1.67 bits per heavy atom. The topological polar surface area (TPSA) is 78.9 Å². The number of esters is 1. The normalized spacial score (nSPS) is 12.9. The van der Waals surface area contributed by atoms with Crippen molar-refractivity contribution in [1.82, 2.24) is 0 Å². The third-order valence-electron chi connectivity index (χ3n) is 5.74. The van der Waals surface area contributed by atoms with Gasteiger partial charge in [0.25, 0.3) is 0 Å². The van der Waals surface area contributed by atoms with Crippen molar-refractivity contribution in [1.29, 1.82) is 0 Å². The first kappa shape index (κ1) is 31.1. The smallest absolute Gasteiger partial charge is 0.417 e. The maximum Gasteiger partial charge on any atom is 0.417 e. The van der Waals surface area contributed by atoms with Gasteiger partial charge in [0.15, 0.2) is 6.61 Å². The summed E-state index contributed by atoms with van der Waals surface area (Å²) < 4.78 is 86.2. The van der Waals surface area contributed by atoms with Crippen molar-refractivity contribution in [2.24, 2.45) is 0 Å². The maximum atomic E-state index is 13.9. The monoisotopic (exact) mass is 618 g/mol. The van der Waals surface area contributed by atoms with Gasteiger partial charge in [0.2, 0.25) is 0 Å². The van der Waals surface area contributed by atoms with Crippen molar-refractivity contribution in [2.45, 2.75) is 52.1 Å². The number of hydrogen-bond acceptors (Lipinski definition) is 6. The minimum Gasteiger partial charge on any atom is -0.482 e. The average Bonchev–Trinajstić information content (AvgIpc) is 2.95. The molecule has 0 aliphatic rings. The fourth-order valence-electron chi connectivity index (χ4n) is 4.08. The zero-order valence-electron chi connectivity index (χ0n) is 23.0. The SMILES string of the molecule is CC(C)(C)OC(=O)COc1ccc(S(OS(=O)(=O)c2ccccc2C(F)(F)F)(c2ccccc2)c2ccccc2)cc1. The molecule has 4 rings (SSSR count). The third kappa shape index (κ3) is 7.15. The summed E-state index contributed by atoms with van der Waals surface area (Å²) in [5.74, 6) is -0.276. The average molecular weight is 619 g/mol. The van der Waals surface area contributed by atoms with Gasteiger partial charge >= 0.3 is 22.3 Å². The highest BCUT2D eigenvalue weighted by atomic mass is 32.3. The third-order valence-corrected chi connectivity index (χ3v) is 11.0. The molecule has 0 amide bonds. The maximum absolute atomic E-state index is 13.9. The molecule has 0 atom stereocenters. The number of benzene rings is 4. The summed E-state index contributed by atoms with van der Waals surface area (Å²) in [5.41, 5.74) is -2.02. The molecule has 0 heterocycles. The van der Waals surface area contributed by atoms with Crippen LogP contribution in [-0.2, 0) is 29.5 Å². The van der Waals surface area contributed by atoms with E-state index in [1.165, 1.54) is 18.2 Å². The molecular formula is C31H29F3O6S2. The van der Waals surface area contributed by atoms with Gasteiger partial charge in [-0.25, -0.2) is 8.42 Å². The molecule has 0 saturated carbocycles. The van der Waals surface area contributed by atoms with E-state index in [2.05, 4.69) is 0 Å². The van der Waals surface area contributed by atoms with E-state index in [0.29, 0.717) is 26.5 Å². The van der Waals surface area contributed by atoms with Crippen LogP contribution in [0.5, 0.6) is 5.75 Å². The molecule has 42 heavy (non-hydrogen) atoms. The lowest BCUT2D eigenvalue weighted by molar-refractivity contribution is -0.157. The number of carbonyl (C=O) groups excluding carboxylic acids is 1. The van der Waals surface area contributed by atoms with E-state index in [1.54, 1.807) is 93.6 Å². The first-order valence-corrected chi connectivity index (χ1v) is 15.7. The lowest BCUT2D eigenvalue weighted by Gasteiger charge is -2.39. The van der Waals surface area contributed by atoms with Gasteiger partial charge in [-0.3, -0.25) is 0 Å². The van der Waals surface area contributed by atoms with E-state index in [-0.39, 0.29) is 6.61 Å². The first-order valence-electron chi connectivity index (χ1n) is 12.7. The van der Waals surface area contributed by atoms with E-state index in [9.17, 15) is 26.4 Å². The number of carbonyl (C=O) groups is 1. The Morgan fingerprint density at radius 2 is 1.17 bits per heavy atom. The Labute approximate surface area is 244 Å². The van der Waals surface area contributed by atoms with E-state index in [0.717, 1.165) is 12.1 Å². The summed E-state index contributed by atoms with van der Waals surface area (Å²) in [4.78, 5) is 12.4. The lowest BCUT2D eigenvalue weighted by atomic mass is 10.2. The molecule has 0 radical (unpaired) electrons. The van der Waals surface area contributed by atoms with Gasteiger partial charge in [-0.05, 0) is 91.7 Å². The molecule has 0 unspecified atom stereocenters. The first-order chi connectivity index (χ1) is 19.7. The molecule has 0 N–H and O–H groups in total. The van der Waals surface area contributed by atoms with Gasteiger partial charge in [0, 0.05) is 14.7 Å². The predicted octanol–water partition coefficient (Wildman–Crippen LogP) is 8.03. The minimum absolute atomic E-state index is 0.296. The molecule has 0 bridgehead atoms. The standard InChI is InChI=1S/C31H29F3O6S2/c1-30(2,3)39-29(35)22-38-23-18-20-26(21-19-23)41(24-12-6-4-7-13-24,25-14-8-5-9-15-25)40-42(36,37)28-17-11-10-16-27(28)31(32,33)34/h4-21H,22H2,1-3H3. The number of ether oxygens (including phenoxy) is 2. The van der Waals surface area contributed by atoms with Gasteiger partial charge in [-0.15, -0.1) is 0 Å². The zero-order chi connectivity index (χ0) is 30.6. The number of halogens is 3. The Bertz CT molecular complexity index is 1580. The fraction of sp³-hybridized carbons (Fsp3) is 0.194. The van der Waals surface area contributed by atoms with Crippen LogP contribution in [0.1, 0.15) is 26.3 Å². The quantitative estimate of drug-likeness (QED) is 0.177. The Kier molecular flexibility index (Phi) is 9.05. The molecule has 0 spiro atoms. The van der Waals surface area contributed by atoms with Crippen molar-refractivity contribution < 1.29 is 39.5 Å². The summed E-state index contributed by atoms with van der Waals surface area (Å²) in [6.07, 6.45) is -4.93. The van der Waals surface area contributed by atoms with Crippen LogP contribution in [0.2, 0.25) is 0 Å². The van der Waals surface area contributed by atoms with Crippen LogP contribution in [0.25, 0.3) is 0 Å². The Morgan fingerprint density at radius 1 is 0.690 bits per heavy atom. The second kappa shape index (κ2) is 12.2. The summed E-state index contributed by atoms with van der Waals surface area (Å²) in [6.45, 7) is 4.84. The van der Waals surface area contributed by atoms with Crippen molar-refractivity contribution in [2.75, 3.05) is 6.61 Å². The molecule has 11 heteroatoms. The van der Waals surface area contributed by atoms with E-state index in [4.69, 9.17) is 13.1 Å². The highest BCUT2D eigenvalue weighted by Gasteiger charge is 2.42. The van der Waals surface area contributed by atoms with E-state index >= 15 is 0 Å². The van der Waals surface area contributed by atoms with Crippen molar-refractivity contribution >= 4 is 26.4 Å². The molecule has 0 aliphatic carbocycles. The van der Waals surface area contributed by atoms with Crippen molar-refractivity contribution in [3.05, 3.63) is 115 Å². The molecule has 4 aromatic carbocycles. The molecule has 0 aromatic heterocycles. The summed E-state index contributed by atoms with van der Waals surface area (Å²) in [7, 11) is -8.18. The number of alkyl halides is 3. The van der Waals surface area contributed by atoms with Crippen LogP contribution in [-0.4, -0.2) is 26.6 Å². The minimum atomic E-state index is -5.00. The molecule has 6 nitrogen and oxygen atoms in total. The molecule has 4 aromatic rings. The Hall–Kier alpha value is -3.80. The van der Waals surface area contributed by atoms with Crippen molar-refractivity contribution in [3.8, 4) is 5.75 Å². The Balaban J connectivity index is 1.85. The second-order valence-corrected chi connectivity index (χ2v) is 14.5. The van der Waals surface area contributed by atoms with Gasteiger partial charge in [0.05, 0.1) is 5.56 Å².